The molecule has 4 heterocycles. The van der Waals surface area contributed by atoms with E-state index < -0.39 is 22.9 Å². The summed E-state index contributed by atoms with van der Waals surface area (Å²) in [5.74, 6) is 0.831. The number of hydrogen-bond acceptors (Lipinski definition) is 6. The highest BCUT2D eigenvalue weighted by molar-refractivity contribution is 5.78. The fourth-order valence-electron chi connectivity index (χ4n) is 4.99. The molecule has 0 aliphatic carbocycles. The first-order chi connectivity index (χ1) is 16.6. The van der Waals surface area contributed by atoms with Gasteiger partial charge >= 0.3 is 5.69 Å². The van der Waals surface area contributed by atoms with Crippen molar-refractivity contribution in [2.24, 2.45) is 14.1 Å². The molecular formula is C24H29N7O4. The summed E-state index contributed by atoms with van der Waals surface area (Å²) in [6.45, 7) is 4.27. The number of nitrogens with zero attached hydrogens (tertiary/aromatic N) is 6. The van der Waals surface area contributed by atoms with Crippen LogP contribution in [-0.2, 0) is 25.3 Å². The highest BCUT2D eigenvalue weighted by Crippen LogP contribution is 2.33. The van der Waals surface area contributed by atoms with Crippen LogP contribution in [0.4, 0.5) is 0 Å². The quantitative estimate of drug-likeness (QED) is 0.445. The van der Waals surface area contributed by atoms with E-state index in [9.17, 15) is 19.5 Å². The van der Waals surface area contributed by atoms with Gasteiger partial charge in [0.15, 0.2) is 11.2 Å². The zero-order chi connectivity index (χ0) is 25.1. The number of nitrogens with one attached hydrogen (secondary N) is 1. The molecular weight excluding hydrogens is 450 g/mol. The van der Waals surface area contributed by atoms with Crippen LogP contribution in [0, 0.1) is 6.92 Å². The first-order valence-electron chi connectivity index (χ1n) is 11.6. The molecule has 1 aliphatic rings. The van der Waals surface area contributed by atoms with Crippen LogP contribution in [0.1, 0.15) is 37.2 Å². The number of hydrogen-bond donors (Lipinski definition) is 2. The van der Waals surface area contributed by atoms with Crippen LogP contribution in [0.25, 0.3) is 22.2 Å². The lowest BCUT2D eigenvalue weighted by atomic mass is 9.87. The Morgan fingerprint density at radius 2 is 2.03 bits per heavy atom. The van der Waals surface area contributed by atoms with E-state index in [4.69, 9.17) is 0 Å². The number of fused-ring (bicyclic) bond motifs is 2. The maximum atomic E-state index is 13.1. The van der Waals surface area contributed by atoms with Gasteiger partial charge in [0.1, 0.15) is 5.82 Å². The van der Waals surface area contributed by atoms with E-state index in [0.717, 1.165) is 27.0 Å². The highest BCUT2D eigenvalue weighted by atomic mass is 16.3. The maximum absolute atomic E-state index is 13.1. The number of aliphatic hydroxyl groups is 1. The number of rotatable bonds is 4. The number of imidazole rings is 2. The summed E-state index contributed by atoms with van der Waals surface area (Å²) >= 11 is 0. The number of carbonyl (C=O) groups is 1. The molecule has 2 N–H and O–H groups in total. The van der Waals surface area contributed by atoms with Crippen LogP contribution in [0.3, 0.4) is 0 Å². The minimum atomic E-state index is -1.16. The average molecular weight is 480 g/mol. The summed E-state index contributed by atoms with van der Waals surface area (Å²) in [5.41, 5.74) is 1.26. The van der Waals surface area contributed by atoms with Crippen molar-refractivity contribution in [1.29, 1.82) is 0 Å². The summed E-state index contributed by atoms with van der Waals surface area (Å²) in [6.07, 6.45) is 2.74. The van der Waals surface area contributed by atoms with Crippen molar-refractivity contribution >= 4 is 28.1 Å². The van der Waals surface area contributed by atoms with Crippen molar-refractivity contribution in [3.8, 4) is 0 Å². The lowest BCUT2D eigenvalue weighted by molar-refractivity contribution is -0.137. The number of likely N-dealkylation sites (tertiary alicyclic amines) is 1. The van der Waals surface area contributed by atoms with E-state index in [1.807, 2.05) is 25.1 Å². The third-order valence-corrected chi connectivity index (χ3v) is 7.15. The summed E-state index contributed by atoms with van der Waals surface area (Å²) < 4.78 is 3.95. The highest BCUT2D eigenvalue weighted by Gasteiger charge is 2.41. The van der Waals surface area contributed by atoms with Crippen LogP contribution < -0.4 is 11.2 Å². The molecule has 11 nitrogen and oxygen atoms in total. The third kappa shape index (κ3) is 3.85. The molecule has 1 amide bonds. The second-order valence-corrected chi connectivity index (χ2v) is 9.67. The molecule has 4 aromatic rings. The summed E-state index contributed by atoms with van der Waals surface area (Å²) in [5, 5.41) is 11.2. The van der Waals surface area contributed by atoms with E-state index in [0.29, 0.717) is 25.8 Å². The Balaban J connectivity index is 1.39. The van der Waals surface area contributed by atoms with Gasteiger partial charge in [-0.3, -0.25) is 18.7 Å². The molecule has 0 unspecified atom stereocenters. The summed E-state index contributed by atoms with van der Waals surface area (Å²) in [4.78, 5) is 52.0. The van der Waals surface area contributed by atoms with Gasteiger partial charge in [-0.1, -0.05) is 6.07 Å². The molecule has 0 radical (unpaired) electrons. The summed E-state index contributed by atoms with van der Waals surface area (Å²) in [6, 6.07) is 5.37. The van der Waals surface area contributed by atoms with Crippen molar-refractivity contribution in [3.63, 3.8) is 0 Å². The fourth-order valence-corrected chi connectivity index (χ4v) is 4.99. The third-order valence-electron chi connectivity index (χ3n) is 7.15. The first-order valence-corrected chi connectivity index (χ1v) is 11.6. The van der Waals surface area contributed by atoms with Crippen molar-refractivity contribution in [1.82, 2.24) is 33.6 Å². The van der Waals surface area contributed by atoms with E-state index >= 15 is 0 Å². The van der Waals surface area contributed by atoms with Crippen molar-refractivity contribution in [2.45, 2.75) is 44.8 Å². The zero-order valence-corrected chi connectivity index (χ0v) is 20.3. The predicted octanol–water partition coefficient (Wildman–Crippen LogP) is 0.776. The minimum Gasteiger partial charge on any atom is -0.388 e. The zero-order valence-electron chi connectivity index (χ0n) is 20.3. The Kier molecular flexibility index (Phi) is 5.39. The van der Waals surface area contributed by atoms with Crippen LogP contribution in [0.2, 0.25) is 0 Å². The number of carbonyl (C=O) groups excluding carboxylic acids is 1. The lowest BCUT2D eigenvalue weighted by Gasteiger charge is -2.43. The Morgan fingerprint density at radius 3 is 2.80 bits per heavy atom. The first kappa shape index (κ1) is 23.0. The van der Waals surface area contributed by atoms with E-state index in [-0.39, 0.29) is 23.6 Å². The molecule has 2 atom stereocenters. The van der Waals surface area contributed by atoms with Crippen molar-refractivity contribution in [3.05, 3.63) is 56.8 Å². The number of aromatic nitrogens is 6. The van der Waals surface area contributed by atoms with Crippen LogP contribution in [-0.4, -0.2) is 63.3 Å². The molecule has 0 bridgehead atoms. The second-order valence-electron chi connectivity index (χ2n) is 9.67. The lowest BCUT2D eigenvalue weighted by Crippen LogP contribution is -2.53. The molecule has 1 saturated heterocycles. The predicted molar refractivity (Wildman–Crippen MR) is 130 cm³/mol. The van der Waals surface area contributed by atoms with Gasteiger partial charge in [0, 0.05) is 33.6 Å². The van der Waals surface area contributed by atoms with E-state index in [2.05, 4.69) is 15.0 Å². The molecule has 11 heteroatoms. The second kappa shape index (κ2) is 8.19. The van der Waals surface area contributed by atoms with Crippen LogP contribution in [0.5, 0.6) is 0 Å². The molecule has 35 heavy (non-hydrogen) atoms. The van der Waals surface area contributed by atoms with Crippen LogP contribution >= 0.6 is 0 Å². The maximum Gasteiger partial charge on any atom is 0.332 e. The molecule has 1 fully saturated rings. The van der Waals surface area contributed by atoms with Gasteiger partial charge in [-0.15, -0.1) is 0 Å². The molecule has 3 aromatic heterocycles. The number of H-pyrrole nitrogens is 1. The molecule has 184 valence electrons. The standard InChI is InChI=1S/C24H29N7O4/c1-14-26-16-7-5-15(11-17(16)27-14)6-8-19(32)30-10-9-24(2,35)18(12-30)31-13-25-21-20(31)22(33)29(4)23(34)28(21)3/h5,7,11,13,18,35H,6,8-10,12H2,1-4H3,(H,26,27)/t18-,24-/m0/s1. The number of amides is 1. The normalized spacial score (nSPS) is 20.7. The van der Waals surface area contributed by atoms with Gasteiger partial charge in [-0.05, 0) is 44.4 Å². The smallest absolute Gasteiger partial charge is 0.332 e. The molecule has 5 rings (SSSR count). The van der Waals surface area contributed by atoms with E-state index in [1.54, 1.807) is 23.4 Å². The molecule has 0 saturated carbocycles. The molecule has 0 spiro atoms. The van der Waals surface area contributed by atoms with E-state index in [1.165, 1.54) is 17.9 Å². The van der Waals surface area contributed by atoms with Gasteiger partial charge < -0.3 is 19.6 Å². The largest absolute Gasteiger partial charge is 0.388 e. The Bertz CT molecular complexity index is 1570. The van der Waals surface area contributed by atoms with Crippen LogP contribution in [0.15, 0.2) is 34.1 Å². The topological polar surface area (TPSA) is 131 Å². The molecule has 1 aliphatic heterocycles. The van der Waals surface area contributed by atoms with Gasteiger partial charge in [0.2, 0.25) is 5.91 Å². The van der Waals surface area contributed by atoms with Gasteiger partial charge in [0.25, 0.3) is 5.56 Å². The Morgan fingerprint density at radius 1 is 1.26 bits per heavy atom. The SMILES string of the molecule is Cc1nc2ccc(CCC(=O)N3CC[C@](C)(O)[C@@H](n4cnc5c4c(=O)n(C)c(=O)n5C)C3)cc2[nH]1. The fraction of sp³-hybridized carbons (Fsp3) is 0.458. The Labute approximate surface area is 200 Å². The number of aryl methyl sites for hydroxylation is 3. The molecule has 1 aromatic carbocycles. The number of benzene rings is 1. The minimum absolute atomic E-state index is 0.0175. The van der Waals surface area contributed by atoms with Gasteiger partial charge in [0.05, 0.1) is 29.0 Å². The van der Waals surface area contributed by atoms with Gasteiger partial charge in [-0.2, -0.15) is 0 Å². The van der Waals surface area contributed by atoms with Gasteiger partial charge in [-0.25, -0.2) is 14.8 Å². The monoisotopic (exact) mass is 479 g/mol. The number of aromatic amines is 1. The summed E-state index contributed by atoms with van der Waals surface area (Å²) in [7, 11) is 2.97. The average Bonchev–Trinajstić information content (AvgIpc) is 3.42. The number of piperidine rings is 1. The van der Waals surface area contributed by atoms with Crippen molar-refractivity contribution < 1.29 is 9.90 Å². The van der Waals surface area contributed by atoms with Crippen molar-refractivity contribution in [2.75, 3.05) is 13.1 Å². The Hall–Kier alpha value is -3.73.